The van der Waals surface area contributed by atoms with Gasteiger partial charge in [-0.05, 0) is 42.3 Å². The highest BCUT2D eigenvalue weighted by Gasteiger charge is 2.24. The summed E-state index contributed by atoms with van der Waals surface area (Å²) < 4.78 is 40.5. The summed E-state index contributed by atoms with van der Waals surface area (Å²) in [5, 5.41) is 2.60. The van der Waals surface area contributed by atoms with Gasteiger partial charge >= 0.3 is 0 Å². The van der Waals surface area contributed by atoms with Crippen LogP contribution in [0.25, 0.3) is 0 Å². The number of amides is 1. The number of hydrogen-bond donors (Lipinski definition) is 1. The van der Waals surface area contributed by atoms with Crippen LogP contribution in [0.15, 0.2) is 47.4 Å². The van der Waals surface area contributed by atoms with E-state index in [1.165, 1.54) is 10.4 Å². The first-order valence-corrected chi connectivity index (χ1v) is 9.97. The number of hydrogen-bond acceptors (Lipinski definition) is 3. The maximum Gasteiger partial charge on any atom is 0.258 e. The van der Waals surface area contributed by atoms with Crippen LogP contribution in [-0.4, -0.2) is 31.7 Å². The predicted molar refractivity (Wildman–Crippen MR) is 100 cm³/mol. The number of rotatable bonds is 7. The van der Waals surface area contributed by atoms with Gasteiger partial charge in [0.25, 0.3) is 5.91 Å². The number of carbonyl (C=O) groups is 1. The van der Waals surface area contributed by atoms with Crippen molar-refractivity contribution in [2.45, 2.75) is 32.1 Å². The van der Waals surface area contributed by atoms with Gasteiger partial charge in [-0.3, -0.25) is 4.79 Å². The van der Waals surface area contributed by atoms with E-state index >= 15 is 0 Å². The number of benzene rings is 2. The second-order valence-electron chi connectivity index (χ2n) is 5.74. The zero-order valence-corrected chi connectivity index (χ0v) is 15.9. The number of sulfonamides is 1. The molecule has 5 nitrogen and oxygen atoms in total. The Morgan fingerprint density at radius 1 is 1.04 bits per heavy atom. The molecule has 0 aliphatic carbocycles. The Morgan fingerprint density at radius 2 is 1.65 bits per heavy atom. The molecule has 0 saturated carbocycles. The second-order valence-corrected chi connectivity index (χ2v) is 7.67. The fraction of sp³-hybridized carbons (Fsp3) is 0.316. The third-order valence-corrected chi connectivity index (χ3v) is 6.19. The lowest BCUT2D eigenvalue weighted by atomic mass is 10.1. The first kappa shape index (κ1) is 20.1. The van der Waals surface area contributed by atoms with Crippen molar-refractivity contribution in [1.29, 1.82) is 0 Å². The van der Waals surface area contributed by atoms with Crippen molar-refractivity contribution in [2.75, 3.05) is 18.4 Å². The fourth-order valence-electron chi connectivity index (χ4n) is 2.57. The van der Waals surface area contributed by atoms with Crippen molar-refractivity contribution in [3.8, 4) is 0 Å². The molecule has 0 saturated heterocycles. The molecule has 140 valence electrons. The zero-order valence-electron chi connectivity index (χ0n) is 15.1. The Balaban J connectivity index is 2.32. The summed E-state index contributed by atoms with van der Waals surface area (Å²) in [5.41, 5.74) is 1.32. The molecular weight excluding hydrogens is 355 g/mol. The Bertz CT molecular complexity index is 876. The summed E-state index contributed by atoms with van der Waals surface area (Å²) in [4.78, 5) is 12.3. The first-order chi connectivity index (χ1) is 12.3. The van der Waals surface area contributed by atoms with Gasteiger partial charge in [0.15, 0.2) is 0 Å². The number of anilines is 1. The van der Waals surface area contributed by atoms with Crippen molar-refractivity contribution in [2.24, 2.45) is 0 Å². The molecule has 0 atom stereocenters. The van der Waals surface area contributed by atoms with Gasteiger partial charge in [-0.15, -0.1) is 0 Å². The van der Waals surface area contributed by atoms with Crippen LogP contribution in [0.2, 0.25) is 0 Å². The summed E-state index contributed by atoms with van der Waals surface area (Å²) in [6.07, 6.45) is 0.869. The average Bonchev–Trinajstić information content (AvgIpc) is 2.63. The second kappa shape index (κ2) is 8.42. The highest BCUT2D eigenvalue weighted by molar-refractivity contribution is 7.89. The molecule has 0 aliphatic heterocycles. The molecule has 0 aromatic heterocycles. The topological polar surface area (TPSA) is 66.5 Å². The monoisotopic (exact) mass is 378 g/mol. The van der Waals surface area contributed by atoms with E-state index < -0.39 is 21.7 Å². The molecule has 1 N–H and O–H groups in total. The van der Waals surface area contributed by atoms with Crippen LogP contribution in [0.5, 0.6) is 0 Å². The molecule has 26 heavy (non-hydrogen) atoms. The fourth-order valence-corrected chi connectivity index (χ4v) is 4.06. The molecule has 0 unspecified atom stereocenters. The average molecular weight is 378 g/mol. The van der Waals surface area contributed by atoms with Crippen LogP contribution >= 0.6 is 0 Å². The van der Waals surface area contributed by atoms with Gasteiger partial charge in [-0.1, -0.05) is 32.9 Å². The molecule has 0 aliphatic rings. The highest BCUT2D eigenvalue weighted by Crippen LogP contribution is 2.20. The number of carbonyl (C=O) groups excluding carboxylic acids is 1. The van der Waals surface area contributed by atoms with Crippen molar-refractivity contribution in [3.05, 3.63) is 59.4 Å². The summed E-state index contributed by atoms with van der Waals surface area (Å²) in [7, 11) is -3.77. The Hall–Kier alpha value is -2.25. The third kappa shape index (κ3) is 4.28. The summed E-state index contributed by atoms with van der Waals surface area (Å²) in [5.74, 6) is -1.46. The molecule has 0 fully saturated rings. The van der Waals surface area contributed by atoms with Crippen molar-refractivity contribution < 1.29 is 17.6 Å². The van der Waals surface area contributed by atoms with Crippen molar-refractivity contribution in [1.82, 2.24) is 4.31 Å². The minimum atomic E-state index is -3.77. The quantitative estimate of drug-likeness (QED) is 0.799. The number of halogens is 1. The normalized spacial score (nSPS) is 11.6. The number of aryl methyl sites for hydroxylation is 1. The number of nitrogens with zero attached hydrogens (tertiary/aromatic N) is 1. The standard InChI is InChI=1S/C19H23FN2O3S/c1-4-14-7-9-15(10-8-14)21-19(23)17-13-16(11-12-18(17)20)26(24,25)22(5-2)6-3/h7-13H,4-6H2,1-3H3,(H,21,23). The van der Waals surface area contributed by atoms with E-state index in [4.69, 9.17) is 0 Å². The molecule has 1 amide bonds. The van der Waals surface area contributed by atoms with E-state index in [9.17, 15) is 17.6 Å². The molecule has 0 bridgehead atoms. The van der Waals surface area contributed by atoms with Gasteiger partial charge in [-0.2, -0.15) is 4.31 Å². The van der Waals surface area contributed by atoms with Gasteiger partial charge in [0, 0.05) is 18.8 Å². The minimum Gasteiger partial charge on any atom is -0.322 e. The Labute approximate surface area is 153 Å². The van der Waals surface area contributed by atoms with E-state index in [0.717, 1.165) is 24.1 Å². The van der Waals surface area contributed by atoms with Crippen molar-refractivity contribution >= 4 is 21.6 Å². The molecule has 2 aromatic rings. The summed E-state index contributed by atoms with van der Waals surface area (Å²) >= 11 is 0. The van der Waals surface area contributed by atoms with Crippen LogP contribution in [0.1, 0.15) is 36.7 Å². The lowest BCUT2D eigenvalue weighted by Crippen LogP contribution is -2.31. The summed E-state index contributed by atoms with van der Waals surface area (Å²) in [6, 6.07) is 10.5. The van der Waals surface area contributed by atoms with Crippen LogP contribution in [-0.2, 0) is 16.4 Å². The van der Waals surface area contributed by atoms with Crippen LogP contribution in [0, 0.1) is 5.82 Å². The molecule has 0 heterocycles. The van der Waals surface area contributed by atoms with Crippen molar-refractivity contribution in [3.63, 3.8) is 0 Å². The lowest BCUT2D eigenvalue weighted by Gasteiger charge is -2.19. The van der Waals surface area contributed by atoms with E-state index in [1.54, 1.807) is 26.0 Å². The largest absolute Gasteiger partial charge is 0.322 e. The predicted octanol–water partition coefficient (Wildman–Crippen LogP) is 3.67. The van der Waals surface area contributed by atoms with E-state index in [2.05, 4.69) is 5.32 Å². The van der Waals surface area contributed by atoms with Gasteiger partial charge < -0.3 is 5.32 Å². The molecule has 2 rings (SSSR count). The van der Waals surface area contributed by atoms with Crippen LogP contribution in [0.4, 0.5) is 10.1 Å². The lowest BCUT2D eigenvalue weighted by molar-refractivity contribution is 0.102. The van der Waals surface area contributed by atoms with E-state index in [0.29, 0.717) is 18.8 Å². The molecule has 0 spiro atoms. The zero-order chi connectivity index (χ0) is 19.3. The van der Waals surface area contributed by atoms with Gasteiger partial charge in [0.2, 0.25) is 10.0 Å². The smallest absolute Gasteiger partial charge is 0.258 e. The molecular formula is C19H23FN2O3S. The Morgan fingerprint density at radius 3 is 2.19 bits per heavy atom. The minimum absolute atomic E-state index is 0.103. The molecule has 2 aromatic carbocycles. The highest BCUT2D eigenvalue weighted by atomic mass is 32.2. The summed E-state index contributed by atoms with van der Waals surface area (Å²) in [6.45, 7) is 6.05. The molecule has 7 heteroatoms. The van der Waals surface area contributed by atoms with E-state index in [1.807, 2.05) is 19.1 Å². The molecule has 0 radical (unpaired) electrons. The maximum atomic E-state index is 14.1. The SMILES string of the molecule is CCc1ccc(NC(=O)c2cc(S(=O)(=O)N(CC)CC)ccc2F)cc1. The van der Waals surface area contributed by atoms with Crippen LogP contribution < -0.4 is 5.32 Å². The third-order valence-electron chi connectivity index (χ3n) is 4.15. The van der Waals surface area contributed by atoms with E-state index in [-0.39, 0.29) is 10.5 Å². The maximum absolute atomic E-state index is 14.1. The van der Waals surface area contributed by atoms with Gasteiger partial charge in [0.05, 0.1) is 10.5 Å². The van der Waals surface area contributed by atoms with Gasteiger partial charge in [0.1, 0.15) is 5.82 Å². The first-order valence-electron chi connectivity index (χ1n) is 8.53. The Kier molecular flexibility index (Phi) is 6.50. The van der Waals surface area contributed by atoms with Gasteiger partial charge in [-0.25, -0.2) is 12.8 Å². The number of nitrogens with one attached hydrogen (secondary N) is 1. The van der Waals surface area contributed by atoms with Crippen LogP contribution in [0.3, 0.4) is 0 Å².